The first kappa shape index (κ1) is 21.2. The van der Waals surface area contributed by atoms with Crippen molar-refractivity contribution in [2.24, 2.45) is 0 Å². The fourth-order valence-electron chi connectivity index (χ4n) is 3.65. The summed E-state index contributed by atoms with van der Waals surface area (Å²) in [7, 11) is 0. The second-order valence-electron chi connectivity index (χ2n) is 7.58. The molecule has 1 aromatic heterocycles. The van der Waals surface area contributed by atoms with Gasteiger partial charge in [0.25, 0.3) is 0 Å². The first-order valence-corrected chi connectivity index (χ1v) is 10.5. The minimum Gasteiger partial charge on any atom is -0.489 e. The highest BCUT2D eigenvalue weighted by Crippen LogP contribution is 2.23. The van der Waals surface area contributed by atoms with E-state index in [4.69, 9.17) is 9.84 Å². The molecule has 0 unspecified atom stereocenters. The zero-order valence-electron chi connectivity index (χ0n) is 17.9. The van der Waals surface area contributed by atoms with Gasteiger partial charge < -0.3 is 9.84 Å². The Morgan fingerprint density at radius 3 is 2.56 bits per heavy atom. The van der Waals surface area contributed by atoms with Gasteiger partial charge in [-0.3, -0.25) is 9.48 Å². The molecule has 0 saturated carbocycles. The van der Waals surface area contributed by atoms with Gasteiger partial charge in [0.15, 0.2) is 0 Å². The van der Waals surface area contributed by atoms with E-state index < -0.39 is 5.97 Å². The smallest absolute Gasteiger partial charge is 0.304 e. The van der Waals surface area contributed by atoms with Crippen molar-refractivity contribution < 1.29 is 14.6 Å². The molecule has 160 valence electrons. The molecule has 0 amide bonds. The van der Waals surface area contributed by atoms with Gasteiger partial charge in [-0.15, -0.1) is 5.92 Å². The summed E-state index contributed by atoms with van der Waals surface area (Å²) in [6.45, 7) is 2.86. The number of benzene rings is 3. The summed E-state index contributed by atoms with van der Waals surface area (Å²) in [5.41, 5.74) is 4.20. The molecule has 32 heavy (non-hydrogen) atoms. The van der Waals surface area contributed by atoms with Crippen molar-refractivity contribution in [3.8, 4) is 17.6 Å². The fraction of sp³-hybridized carbons (Fsp3) is 0.185. The van der Waals surface area contributed by atoms with Crippen LogP contribution in [0.5, 0.6) is 5.75 Å². The van der Waals surface area contributed by atoms with Crippen LogP contribution in [0.15, 0.2) is 79.0 Å². The van der Waals surface area contributed by atoms with Crippen molar-refractivity contribution >= 4 is 16.9 Å². The number of aromatic nitrogens is 2. The minimum atomic E-state index is -0.861. The zero-order valence-corrected chi connectivity index (χ0v) is 17.9. The number of nitrogens with zero attached hydrogens (tertiary/aromatic N) is 2. The molecule has 0 spiro atoms. The van der Waals surface area contributed by atoms with Gasteiger partial charge in [0.05, 0.1) is 30.6 Å². The maximum Gasteiger partial charge on any atom is 0.304 e. The fourth-order valence-corrected chi connectivity index (χ4v) is 3.65. The molecule has 0 fully saturated rings. The summed E-state index contributed by atoms with van der Waals surface area (Å²) < 4.78 is 7.97. The van der Waals surface area contributed by atoms with Gasteiger partial charge in [-0.1, -0.05) is 60.5 Å². The van der Waals surface area contributed by atoms with E-state index in [2.05, 4.69) is 41.2 Å². The molecule has 5 heteroatoms. The molecule has 0 aliphatic carbocycles. The van der Waals surface area contributed by atoms with Gasteiger partial charge in [0, 0.05) is 5.39 Å². The van der Waals surface area contributed by atoms with E-state index >= 15 is 0 Å². The molecule has 5 nitrogen and oxygen atoms in total. The highest BCUT2D eigenvalue weighted by atomic mass is 16.5. The molecular formula is C27H24N2O3. The summed E-state index contributed by atoms with van der Waals surface area (Å²) >= 11 is 0. The van der Waals surface area contributed by atoms with Crippen molar-refractivity contribution in [3.63, 3.8) is 0 Å². The molecule has 0 radical (unpaired) electrons. The van der Waals surface area contributed by atoms with Gasteiger partial charge in [-0.05, 0) is 41.8 Å². The van der Waals surface area contributed by atoms with E-state index in [9.17, 15) is 4.79 Å². The number of hydrogen-bond acceptors (Lipinski definition) is 3. The quantitative estimate of drug-likeness (QED) is 0.393. The Kier molecular flexibility index (Phi) is 6.52. The van der Waals surface area contributed by atoms with Crippen molar-refractivity contribution in [1.29, 1.82) is 0 Å². The Morgan fingerprint density at radius 2 is 1.84 bits per heavy atom. The first-order chi connectivity index (χ1) is 15.6. The third-order valence-corrected chi connectivity index (χ3v) is 5.27. The molecule has 3 aromatic carbocycles. The second kappa shape index (κ2) is 9.84. The lowest BCUT2D eigenvalue weighted by atomic mass is 9.96. The summed E-state index contributed by atoms with van der Waals surface area (Å²) in [4.78, 5) is 11.1. The minimum absolute atomic E-state index is 0.0161. The molecule has 1 heterocycles. The molecule has 4 aromatic rings. The van der Waals surface area contributed by atoms with E-state index in [1.165, 1.54) is 5.56 Å². The van der Waals surface area contributed by atoms with Crippen LogP contribution >= 0.6 is 0 Å². The lowest BCUT2D eigenvalue weighted by molar-refractivity contribution is -0.137. The molecule has 4 rings (SSSR count). The second-order valence-corrected chi connectivity index (χ2v) is 7.58. The molecule has 0 saturated heterocycles. The van der Waals surface area contributed by atoms with Crippen LogP contribution in [0.25, 0.3) is 10.9 Å². The third kappa shape index (κ3) is 5.16. The number of ether oxygens (including phenoxy) is 1. The van der Waals surface area contributed by atoms with Crippen molar-refractivity contribution in [3.05, 3.63) is 95.7 Å². The Balaban J connectivity index is 1.45. The maximum atomic E-state index is 11.1. The highest BCUT2D eigenvalue weighted by Gasteiger charge is 2.13. The van der Waals surface area contributed by atoms with Gasteiger partial charge in [0.1, 0.15) is 12.4 Å². The lowest BCUT2D eigenvalue weighted by Crippen LogP contribution is -2.04. The van der Waals surface area contributed by atoms with Crippen LogP contribution < -0.4 is 4.74 Å². The number of carbonyl (C=O) groups is 1. The van der Waals surface area contributed by atoms with Crippen LogP contribution in [-0.2, 0) is 17.9 Å². The van der Waals surface area contributed by atoms with Crippen LogP contribution in [0.3, 0.4) is 0 Å². The molecule has 1 N–H and O–H groups in total. The van der Waals surface area contributed by atoms with Crippen LogP contribution in [0.2, 0.25) is 0 Å². The van der Waals surface area contributed by atoms with Gasteiger partial charge in [0.2, 0.25) is 0 Å². The van der Waals surface area contributed by atoms with Crippen LogP contribution in [-0.4, -0.2) is 20.9 Å². The topological polar surface area (TPSA) is 64.3 Å². The Hall–Kier alpha value is -4.04. The standard InChI is InChI=1S/C27H24N2O3/c1-2-6-23(16-27(30)31)22-11-13-25(14-12-22)32-19-21-9-10-24-17-28-29(26(24)15-21)18-20-7-4-3-5-8-20/h3-5,7-15,17,23H,16,18-19H2,1H3,(H,30,31)/t23-/m0/s1. The predicted octanol–water partition coefficient (Wildman–Crippen LogP) is 5.25. The largest absolute Gasteiger partial charge is 0.489 e. The Morgan fingerprint density at radius 1 is 1.06 bits per heavy atom. The monoisotopic (exact) mass is 424 g/mol. The van der Waals surface area contributed by atoms with E-state index in [-0.39, 0.29) is 12.3 Å². The number of carboxylic acids is 1. The van der Waals surface area contributed by atoms with Crippen LogP contribution in [0.1, 0.15) is 36.0 Å². The van der Waals surface area contributed by atoms with Crippen LogP contribution in [0, 0.1) is 11.8 Å². The molecular weight excluding hydrogens is 400 g/mol. The van der Waals surface area contributed by atoms with Crippen molar-refractivity contribution in [2.75, 3.05) is 0 Å². The first-order valence-electron chi connectivity index (χ1n) is 10.5. The molecule has 1 atom stereocenters. The molecule has 0 aliphatic heterocycles. The average Bonchev–Trinajstić information content (AvgIpc) is 3.20. The van der Waals surface area contributed by atoms with Crippen molar-refractivity contribution in [2.45, 2.75) is 32.4 Å². The average molecular weight is 425 g/mol. The Labute approximate surface area is 187 Å². The number of hydrogen-bond donors (Lipinski definition) is 1. The van der Waals surface area contributed by atoms with Gasteiger partial charge in [-0.25, -0.2) is 0 Å². The highest BCUT2D eigenvalue weighted by molar-refractivity contribution is 5.79. The van der Waals surface area contributed by atoms with E-state index in [0.717, 1.165) is 27.8 Å². The lowest BCUT2D eigenvalue weighted by Gasteiger charge is -2.11. The van der Waals surface area contributed by atoms with Gasteiger partial charge >= 0.3 is 5.97 Å². The number of aliphatic carboxylic acids is 1. The maximum absolute atomic E-state index is 11.1. The summed E-state index contributed by atoms with van der Waals surface area (Å²) in [6, 6.07) is 24.0. The molecule has 0 aliphatic rings. The van der Waals surface area contributed by atoms with Gasteiger partial charge in [-0.2, -0.15) is 5.10 Å². The number of rotatable bonds is 8. The predicted molar refractivity (Wildman–Crippen MR) is 124 cm³/mol. The van der Waals surface area contributed by atoms with Crippen LogP contribution in [0.4, 0.5) is 0 Å². The zero-order chi connectivity index (χ0) is 22.3. The normalized spacial score (nSPS) is 11.5. The number of carboxylic acid groups (broad SMARTS) is 1. The van der Waals surface area contributed by atoms with E-state index in [1.807, 2.05) is 59.4 Å². The number of fused-ring (bicyclic) bond motifs is 1. The summed E-state index contributed by atoms with van der Waals surface area (Å²) in [6.07, 6.45) is 1.87. The van der Waals surface area contributed by atoms with E-state index in [0.29, 0.717) is 13.2 Å². The van der Waals surface area contributed by atoms with Crippen molar-refractivity contribution in [1.82, 2.24) is 9.78 Å². The third-order valence-electron chi connectivity index (χ3n) is 5.27. The summed E-state index contributed by atoms with van der Waals surface area (Å²) in [5, 5.41) is 14.7. The molecule has 0 bridgehead atoms. The Bertz CT molecular complexity index is 1270. The SMILES string of the molecule is CC#C[C@@H](CC(=O)O)c1ccc(OCc2ccc3cnn(Cc4ccccc4)c3c2)cc1. The summed E-state index contributed by atoms with van der Waals surface area (Å²) in [5.74, 6) is 5.32. The van der Waals surface area contributed by atoms with E-state index in [1.54, 1.807) is 6.92 Å².